The Morgan fingerprint density at radius 2 is 1.83 bits per heavy atom. The lowest BCUT2D eigenvalue weighted by Gasteiger charge is -2.10. The lowest BCUT2D eigenvalue weighted by Crippen LogP contribution is -2.16. The van der Waals surface area contributed by atoms with Gasteiger partial charge in [0.25, 0.3) is 0 Å². The van der Waals surface area contributed by atoms with Crippen LogP contribution in [0.4, 0.5) is 11.4 Å². The van der Waals surface area contributed by atoms with Gasteiger partial charge >= 0.3 is 5.97 Å². The number of halogens is 1. The molecule has 2 N–H and O–H groups in total. The molecule has 0 saturated heterocycles. The topological polar surface area (TPSA) is 67.4 Å². The zero-order valence-corrected chi connectivity index (χ0v) is 14.3. The highest BCUT2D eigenvalue weighted by atomic mass is 35.5. The van der Waals surface area contributed by atoms with Crippen LogP contribution in [0.1, 0.15) is 22.3 Å². The Morgan fingerprint density at radius 3 is 2.50 bits per heavy atom. The standard InChI is InChI=1S/C18H19ClN2O3/c1-12-3-6-14(7-4-12)21-17(22)9-10-20-16-11-13(18(23)24-2)5-8-15(16)19/h3-8,11,20H,9-10H2,1-2H3,(H,21,22). The predicted octanol–water partition coefficient (Wildman–Crippen LogP) is 3.88. The van der Waals surface area contributed by atoms with E-state index in [1.165, 1.54) is 7.11 Å². The van der Waals surface area contributed by atoms with E-state index in [1.807, 2.05) is 31.2 Å². The molecule has 6 heteroatoms. The number of ether oxygens (including phenoxy) is 1. The fourth-order valence-corrected chi connectivity index (χ4v) is 2.26. The van der Waals surface area contributed by atoms with Gasteiger partial charge in [-0.25, -0.2) is 4.79 Å². The van der Waals surface area contributed by atoms with Crippen LogP contribution < -0.4 is 10.6 Å². The van der Waals surface area contributed by atoms with Crippen molar-refractivity contribution in [1.29, 1.82) is 0 Å². The maximum absolute atomic E-state index is 11.9. The van der Waals surface area contributed by atoms with Crippen molar-refractivity contribution in [2.45, 2.75) is 13.3 Å². The number of hydrogen-bond donors (Lipinski definition) is 2. The van der Waals surface area contributed by atoms with E-state index in [-0.39, 0.29) is 12.3 Å². The minimum Gasteiger partial charge on any atom is -0.465 e. The monoisotopic (exact) mass is 346 g/mol. The predicted molar refractivity (Wildman–Crippen MR) is 95.7 cm³/mol. The lowest BCUT2D eigenvalue weighted by molar-refractivity contribution is -0.115. The largest absolute Gasteiger partial charge is 0.465 e. The first-order chi connectivity index (χ1) is 11.5. The second kappa shape index (κ2) is 8.36. The highest BCUT2D eigenvalue weighted by Gasteiger charge is 2.09. The van der Waals surface area contributed by atoms with Crippen LogP contribution in [-0.4, -0.2) is 25.5 Å². The molecule has 24 heavy (non-hydrogen) atoms. The Labute approximate surface area is 146 Å². The van der Waals surface area contributed by atoms with Crippen LogP contribution >= 0.6 is 11.6 Å². The first-order valence-electron chi connectivity index (χ1n) is 7.48. The van der Waals surface area contributed by atoms with Crippen molar-refractivity contribution in [3.63, 3.8) is 0 Å². The lowest BCUT2D eigenvalue weighted by atomic mass is 10.2. The Morgan fingerprint density at radius 1 is 1.12 bits per heavy atom. The highest BCUT2D eigenvalue weighted by Crippen LogP contribution is 2.23. The number of methoxy groups -OCH3 is 1. The van der Waals surface area contributed by atoms with Crippen molar-refractivity contribution in [2.75, 3.05) is 24.3 Å². The summed E-state index contributed by atoms with van der Waals surface area (Å²) in [5.74, 6) is -0.543. The van der Waals surface area contributed by atoms with E-state index in [0.717, 1.165) is 11.3 Å². The van der Waals surface area contributed by atoms with Gasteiger partial charge in [-0.2, -0.15) is 0 Å². The first-order valence-corrected chi connectivity index (χ1v) is 7.85. The van der Waals surface area contributed by atoms with E-state index in [4.69, 9.17) is 11.6 Å². The molecule has 0 heterocycles. The highest BCUT2D eigenvalue weighted by molar-refractivity contribution is 6.33. The molecule has 0 aromatic heterocycles. The van der Waals surface area contributed by atoms with Crippen LogP contribution in [0.3, 0.4) is 0 Å². The third kappa shape index (κ3) is 4.99. The fourth-order valence-electron chi connectivity index (χ4n) is 2.08. The molecule has 0 radical (unpaired) electrons. The van der Waals surface area contributed by atoms with Gasteiger partial charge < -0.3 is 15.4 Å². The summed E-state index contributed by atoms with van der Waals surface area (Å²) < 4.78 is 4.67. The Balaban J connectivity index is 1.88. The Kier molecular flexibility index (Phi) is 6.21. The summed E-state index contributed by atoms with van der Waals surface area (Å²) in [6, 6.07) is 12.4. The molecule has 0 bridgehead atoms. The molecule has 2 rings (SSSR count). The van der Waals surface area contributed by atoms with Gasteiger partial charge in [-0.1, -0.05) is 29.3 Å². The smallest absolute Gasteiger partial charge is 0.337 e. The Hall–Kier alpha value is -2.53. The number of anilines is 2. The van der Waals surface area contributed by atoms with Gasteiger partial charge in [0.1, 0.15) is 0 Å². The van der Waals surface area contributed by atoms with Gasteiger partial charge in [-0.3, -0.25) is 4.79 Å². The maximum Gasteiger partial charge on any atom is 0.337 e. The van der Waals surface area contributed by atoms with Gasteiger partial charge in [-0.05, 0) is 37.3 Å². The average molecular weight is 347 g/mol. The van der Waals surface area contributed by atoms with Crippen molar-refractivity contribution in [2.24, 2.45) is 0 Å². The van der Waals surface area contributed by atoms with E-state index >= 15 is 0 Å². The minimum absolute atomic E-state index is 0.105. The maximum atomic E-state index is 11.9. The molecule has 0 atom stereocenters. The van der Waals surface area contributed by atoms with Crippen LogP contribution in [0.5, 0.6) is 0 Å². The van der Waals surface area contributed by atoms with Gasteiger partial charge in [0.2, 0.25) is 5.91 Å². The third-order valence-electron chi connectivity index (χ3n) is 3.39. The number of nitrogens with one attached hydrogen (secondary N) is 2. The number of hydrogen-bond acceptors (Lipinski definition) is 4. The zero-order valence-electron chi connectivity index (χ0n) is 13.6. The van der Waals surface area contributed by atoms with Crippen LogP contribution in [0.15, 0.2) is 42.5 Å². The molecule has 0 aliphatic rings. The molecule has 0 aliphatic carbocycles. The van der Waals surface area contributed by atoms with Gasteiger partial charge in [0, 0.05) is 18.7 Å². The molecule has 0 spiro atoms. The van der Waals surface area contributed by atoms with Crippen LogP contribution in [-0.2, 0) is 9.53 Å². The Bertz CT molecular complexity index is 730. The second-order valence-electron chi connectivity index (χ2n) is 5.28. The quantitative estimate of drug-likeness (QED) is 0.779. The van der Waals surface area contributed by atoms with E-state index in [0.29, 0.717) is 22.8 Å². The molecule has 126 valence electrons. The third-order valence-corrected chi connectivity index (χ3v) is 3.72. The molecular formula is C18H19ClN2O3. The number of carbonyl (C=O) groups is 2. The number of esters is 1. The summed E-state index contributed by atoms with van der Waals surface area (Å²) in [6.07, 6.45) is 0.270. The van der Waals surface area contributed by atoms with Gasteiger partial charge in [0.15, 0.2) is 0 Å². The normalized spacial score (nSPS) is 10.1. The van der Waals surface area contributed by atoms with E-state index < -0.39 is 5.97 Å². The minimum atomic E-state index is -0.438. The molecule has 0 fully saturated rings. The number of rotatable bonds is 6. The molecule has 5 nitrogen and oxygen atoms in total. The van der Waals surface area contributed by atoms with E-state index in [9.17, 15) is 9.59 Å². The molecular weight excluding hydrogens is 328 g/mol. The average Bonchev–Trinajstić information content (AvgIpc) is 2.58. The van der Waals surface area contributed by atoms with Crippen LogP contribution in [0.25, 0.3) is 0 Å². The van der Waals surface area contributed by atoms with E-state index in [1.54, 1.807) is 18.2 Å². The molecule has 0 unspecified atom stereocenters. The first kappa shape index (κ1) is 17.8. The van der Waals surface area contributed by atoms with Crippen LogP contribution in [0, 0.1) is 6.92 Å². The summed E-state index contributed by atoms with van der Waals surface area (Å²) in [4.78, 5) is 23.5. The molecule has 0 aliphatic heterocycles. The van der Waals surface area contributed by atoms with Crippen molar-refractivity contribution in [1.82, 2.24) is 0 Å². The molecule has 2 aromatic carbocycles. The van der Waals surface area contributed by atoms with Gasteiger partial charge in [-0.15, -0.1) is 0 Å². The number of aryl methyl sites for hydroxylation is 1. The zero-order chi connectivity index (χ0) is 17.5. The summed E-state index contributed by atoms with van der Waals surface area (Å²) in [7, 11) is 1.32. The van der Waals surface area contributed by atoms with Crippen molar-refractivity contribution in [3.8, 4) is 0 Å². The SMILES string of the molecule is COC(=O)c1ccc(Cl)c(NCCC(=O)Nc2ccc(C)cc2)c1. The summed E-state index contributed by atoms with van der Waals surface area (Å²) in [6.45, 7) is 2.38. The molecule has 1 amide bonds. The van der Waals surface area contributed by atoms with Gasteiger partial charge in [0.05, 0.1) is 23.4 Å². The fraction of sp³-hybridized carbons (Fsp3) is 0.222. The number of benzene rings is 2. The van der Waals surface area contributed by atoms with Crippen molar-refractivity contribution in [3.05, 3.63) is 58.6 Å². The van der Waals surface area contributed by atoms with Crippen LogP contribution in [0.2, 0.25) is 5.02 Å². The van der Waals surface area contributed by atoms with Crippen molar-refractivity contribution >= 4 is 34.9 Å². The van der Waals surface area contributed by atoms with E-state index in [2.05, 4.69) is 15.4 Å². The summed E-state index contributed by atoms with van der Waals surface area (Å²) >= 11 is 6.09. The summed E-state index contributed by atoms with van der Waals surface area (Å²) in [5, 5.41) is 6.35. The summed E-state index contributed by atoms with van der Waals surface area (Å²) in [5.41, 5.74) is 2.88. The van der Waals surface area contributed by atoms with Crippen molar-refractivity contribution < 1.29 is 14.3 Å². The molecule has 2 aromatic rings. The number of carbonyl (C=O) groups excluding carboxylic acids is 2. The number of amides is 1. The molecule has 0 saturated carbocycles. The second-order valence-corrected chi connectivity index (χ2v) is 5.68.